The van der Waals surface area contributed by atoms with Crippen LogP contribution in [0.25, 0.3) is 0 Å². The fourth-order valence-electron chi connectivity index (χ4n) is 3.19. The second-order valence-corrected chi connectivity index (χ2v) is 6.12. The maximum atomic E-state index is 12.5. The number of hydrogen-bond acceptors (Lipinski definition) is 3. The van der Waals surface area contributed by atoms with Crippen molar-refractivity contribution in [2.45, 2.75) is 44.7 Å². The van der Waals surface area contributed by atoms with E-state index in [1.54, 1.807) is 0 Å². The van der Waals surface area contributed by atoms with E-state index >= 15 is 0 Å². The molecule has 1 amide bonds. The molecule has 2 aliphatic rings. The van der Waals surface area contributed by atoms with Crippen LogP contribution in [0.3, 0.4) is 0 Å². The van der Waals surface area contributed by atoms with Crippen molar-refractivity contribution in [3.63, 3.8) is 0 Å². The summed E-state index contributed by atoms with van der Waals surface area (Å²) >= 11 is 0. The summed E-state index contributed by atoms with van der Waals surface area (Å²) < 4.78 is 0. The van der Waals surface area contributed by atoms with Gasteiger partial charge in [0.15, 0.2) is 0 Å². The fourth-order valence-corrected chi connectivity index (χ4v) is 3.19. The van der Waals surface area contributed by atoms with Crippen molar-refractivity contribution in [1.82, 2.24) is 15.1 Å². The van der Waals surface area contributed by atoms with E-state index in [0.717, 1.165) is 38.9 Å². The quantitative estimate of drug-likeness (QED) is 0.795. The number of hydrogen-bond donors (Lipinski definition) is 1. The van der Waals surface area contributed by atoms with Gasteiger partial charge in [0.25, 0.3) is 0 Å². The first-order valence-electron chi connectivity index (χ1n) is 7.26. The van der Waals surface area contributed by atoms with E-state index in [1.165, 1.54) is 6.42 Å². The normalized spacial score (nSPS) is 33.8. The molecule has 2 saturated heterocycles. The Morgan fingerprint density at radius 3 is 2.78 bits per heavy atom. The number of likely N-dealkylation sites (tertiary alicyclic amines) is 1. The van der Waals surface area contributed by atoms with Crippen LogP contribution in [0.2, 0.25) is 0 Å². The third-order valence-corrected chi connectivity index (χ3v) is 4.41. The summed E-state index contributed by atoms with van der Waals surface area (Å²) in [6.45, 7) is 5.05. The van der Waals surface area contributed by atoms with Gasteiger partial charge >= 0.3 is 0 Å². The summed E-state index contributed by atoms with van der Waals surface area (Å²) in [6, 6.07) is 1.03. The Balaban J connectivity index is 1.91. The number of piperidine rings is 2. The zero-order valence-corrected chi connectivity index (χ0v) is 12.0. The Hall–Kier alpha value is -0.610. The van der Waals surface area contributed by atoms with Gasteiger partial charge in [-0.15, -0.1) is 0 Å². The van der Waals surface area contributed by atoms with Gasteiger partial charge < -0.3 is 15.1 Å². The fraction of sp³-hybridized carbons (Fsp3) is 0.929. The molecular formula is C14H27N3O. The predicted molar refractivity (Wildman–Crippen MR) is 73.5 cm³/mol. The first-order chi connectivity index (χ1) is 8.58. The van der Waals surface area contributed by atoms with Crippen molar-refractivity contribution in [3.05, 3.63) is 0 Å². The third-order valence-electron chi connectivity index (χ3n) is 4.41. The predicted octanol–water partition coefficient (Wildman–Crippen LogP) is 0.927. The second kappa shape index (κ2) is 6.02. The van der Waals surface area contributed by atoms with Gasteiger partial charge in [-0.1, -0.05) is 0 Å². The monoisotopic (exact) mass is 253 g/mol. The van der Waals surface area contributed by atoms with Crippen LogP contribution in [-0.4, -0.2) is 61.5 Å². The van der Waals surface area contributed by atoms with Crippen LogP contribution in [0.15, 0.2) is 0 Å². The molecule has 2 fully saturated rings. The van der Waals surface area contributed by atoms with E-state index in [-0.39, 0.29) is 5.92 Å². The van der Waals surface area contributed by atoms with Crippen molar-refractivity contribution >= 4 is 5.91 Å². The van der Waals surface area contributed by atoms with Crippen LogP contribution in [0, 0.1) is 5.92 Å². The van der Waals surface area contributed by atoms with Gasteiger partial charge in [-0.2, -0.15) is 0 Å². The number of carbonyl (C=O) groups excluding carboxylic acids is 1. The van der Waals surface area contributed by atoms with E-state index in [4.69, 9.17) is 0 Å². The van der Waals surface area contributed by atoms with Crippen LogP contribution < -0.4 is 5.32 Å². The Bertz CT molecular complexity index is 293. The standard InChI is InChI=1S/C14H27N3O/c1-11-9-12(6-7-15-11)14(18)17-8-4-5-13(10-17)16(2)3/h11-13,15H,4-10H2,1-3H3/t11-,12-,13?/m0/s1. The van der Waals surface area contributed by atoms with Crippen LogP contribution in [0.4, 0.5) is 0 Å². The molecular weight excluding hydrogens is 226 g/mol. The maximum Gasteiger partial charge on any atom is 0.225 e. The lowest BCUT2D eigenvalue weighted by Crippen LogP contribution is -2.51. The molecule has 3 atom stereocenters. The minimum atomic E-state index is 0.252. The molecule has 104 valence electrons. The van der Waals surface area contributed by atoms with Gasteiger partial charge in [0.05, 0.1) is 0 Å². The summed E-state index contributed by atoms with van der Waals surface area (Å²) in [5.41, 5.74) is 0. The van der Waals surface area contributed by atoms with E-state index in [2.05, 4.69) is 36.1 Å². The van der Waals surface area contributed by atoms with Crippen LogP contribution in [-0.2, 0) is 4.79 Å². The molecule has 0 aliphatic carbocycles. The van der Waals surface area contributed by atoms with Crippen molar-refractivity contribution in [1.29, 1.82) is 0 Å². The first-order valence-corrected chi connectivity index (χ1v) is 7.26. The van der Waals surface area contributed by atoms with E-state index in [0.29, 0.717) is 18.0 Å². The molecule has 2 rings (SSSR count). The lowest BCUT2D eigenvalue weighted by atomic mass is 9.91. The summed E-state index contributed by atoms with van der Waals surface area (Å²) in [6.07, 6.45) is 4.38. The first kappa shape index (κ1) is 13.8. The van der Waals surface area contributed by atoms with Gasteiger partial charge in [0, 0.05) is 31.1 Å². The van der Waals surface area contributed by atoms with Crippen molar-refractivity contribution in [2.24, 2.45) is 5.92 Å². The molecule has 0 bridgehead atoms. The highest BCUT2D eigenvalue weighted by Crippen LogP contribution is 2.22. The molecule has 0 spiro atoms. The molecule has 0 aromatic heterocycles. The minimum absolute atomic E-state index is 0.252. The zero-order valence-electron chi connectivity index (χ0n) is 12.0. The lowest BCUT2D eigenvalue weighted by Gasteiger charge is -2.39. The largest absolute Gasteiger partial charge is 0.341 e. The molecule has 4 heteroatoms. The average molecular weight is 253 g/mol. The molecule has 1 N–H and O–H groups in total. The van der Waals surface area contributed by atoms with Crippen LogP contribution in [0.5, 0.6) is 0 Å². The summed E-state index contributed by atoms with van der Waals surface area (Å²) in [5, 5.41) is 3.42. The molecule has 4 nitrogen and oxygen atoms in total. The number of nitrogens with zero attached hydrogens (tertiary/aromatic N) is 2. The lowest BCUT2D eigenvalue weighted by molar-refractivity contribution is -0.138. The summed E-state index contributed by atoms with van der Waals surface area (Å²) in [4.78, 5) is 16.9. The molecule has 0 radical (unpaired) electrons. The minimum Gasteiger partial charge on any atom is -0.341 e. The highest BCUT2D eigenvalue weighted by atomic mass is 16.2. The number of likely N-dealkylation sites (N-methyl/N-ethyl adjacent to an activating group) is 1. The van der Waals surface area contributed by atoms with Crippen molar-refractivity contribution in [3.8, 4) is 0 Å². The molecule has 18 heavy (non-hydrogen) atoms. The van der Waals surface area contributed by atoms with Gasteiger partial charge in [-0.25, -0.2) is 0 Å². The van der Waals surface area contributed by atoms with E-state index < -0.39 is 0 Å². The highest BCUT2D eigenvalue weighted by molar-refractivity contribution is 5.79. The van der Waals surface area contributed by atoms with Crippen molar-refractivity contribution < 1.29 is 4.79 Å². The number of carbonyl (C=O) groups is 1. The Kier molecular flexibility index (Phi) is 4.62. The molecule has 0 saturated carbocycles. The molecule has 1 unspecified atom stereocenters. The Labute approximate surface area is 111 Å². The third kappa shape index (κ3) is 3.23. The Morgan fingerprint density at radius 2 is 2.11 bits per heavy atom. The van der Waals surface area contributed by atoms with Gasteiger partial charge in [0.1, 0.15) is 0 Å². The van der Waals surface area contributed by atoms with E-state index in [9.17, 15) is 4.79 Å². The summed E-state index contributed by atoms with van der Waals surface area (Å²) in [5.74, 6) is 0.650. The van der Waals surface area contributed by atoms with Crippen LogP contribution in [0.1, 0.15) is 32.6 Å². The molecule has 2 aliphatic heterocycles. The summed E-state index contributed by atoms with van der Waals surface area (Å²) in [7, 11) is 4.23. The highest BCUT2D eigenvalue weighted by Gasteiger charge is 2.31. The number of rotatable bonds is 2. The average Bonchev–Trinajstić information content (AvgIpc) is 2.38. The van der Waals surface area contributed by atoms with Gasteiger partial charge in [0.2, 0.25) is 5.91 Å². The zero-order chi connectivity index (χ0) is 13.1. The number of nitrogens with one attached hydrogen (secondary N) is 1. The molecule has 0 aromatic carbocycles. The number of amides is 1. The van der Waals surface area contributed by atoms with Gasteiger partial charge in [-0.3, -0.25) is 4.79 Å². The maximum absolute atomic E-state index is 12.5. The SMILES string of the molecule is C[C@H]1C[C@@H](C(=O)N2CCCC(N(C)C)C2)CCN1. The molecule has 0 aromatic rings. The van der Waals surface area contributed by atoms with Gasteiger partial charge in [-0.05, 0) is 53.2 Å². The van der Waals surface area contributed by atoms with Crippen LogP contribution >= 0.6 is 0 Å². The van der Waals surface area contributed by atoms with E-state index in [1.807, 2.05) is 0 Å². The topological polar surface area (TPSA) is 35.6 Å². The van der Waals surface area contributed by atoms with Crippen molar-refractivity contribution in [2.75, 3.05) is 33.7 Å². The second-order valence-electron chi connectivity index (χ2n) is 6.12. The molecule has 2 heterocycles. The smallest absolute Gasteiger partial charge is 0.225 e. The Morgan fingerprint density at radius 1 is 1.33 bits per heavy atom.